The molecule has 0 spiro atoms. The monoisotopic (exact) mass is 505 g/mol. The van der Waals surface area contributed by atoms with E-state index in [9.17, 15) is 0 Å². The van der Waals surface area contributed by atoms with Gasteiger partial charge < -0.3 is 19.4 Å². The summed E-state index contributed by atoms with van der Waals surface area (Å²) in [5, 5.41) is 0. The minimum absolute atomic E-state index is 0.393. The first-order valence-electron chi connectivity index (χ1n) is 13.5. The van der Waals surface area contributed by atoms with Gasteiger partial charge in [0, 0.05) is 42.2 Å². The highest BCUT2D eigenvalue weighted by molar-refractivity contribution is 5.91. The standard InChI is InChI=1S/C31H31N5O2/c1-19-3-5-21(6-4-19)24-15-25-26(16-24)32-18-33-31(25)36-11-9-22(10-12-36)30-34-20(2)29(35-30)23-7-8-27-28(17-23)38-14-13-37-27/h3-8,15,17-18,22H,9-14,16H2,1-2H3,(H,34,35). The SMILES string of the molecule is Cc1ccc(C2=Cc3c(ncnc3N3CCC(c4nc(-c5ccc6c(c5)OCCO6)c(C)[nH]4)CC3)C2)cc1. The van der Waals surface area contributed by atoms with Crippen LogP contribution in [0.2, 0.25) is 0 Å². The maximum atomic E-state index is 5.79. The minimum atomic E-state index is 0.393. The van der Waals surface area contributed by atoms with Crippen molar-refractivity contribution in [1.29, 1.82) is 0 Å². The van der Waals surface area contributed by atoms with Crippen LogP contribution in [0.25, 0.3) is 22.9 Å². The highest BCUT2D eigenvalue weighted by Crippen LogP contribution is 2.39. The van der Waals surface area contributed by atoms with Crippen molar-refractivity contribution < 1.29 is 9.47 Å². The van der Waals surface area contributed by atoms with E-state index in [1.807, 2.05) is 12.1 Å². The summed E-state index contributed by atoms with van der Waals surface area (Å²) in [6.07, 6.45) is 6.93. The first-order chi connectivity index (χ1) is 18.6. The molecule has 0 bridgehead atoms. The second-order valence-corrected chi connectivity index (χ2v) is 10.5. The predicted molar refractivity (Wildman–Crippen MR) is 149 cm³/mol. The third-order valence-electron chi connectivity index (χ3n) is 7.94. The number of nitrogens with zero attached hydrogens (tertiary/aromatic N) is 4. The van der Waals surface area contributed by atoms with Crippen molar-refractivity contribution in [1.82, 2.24) is 19.9 Å². The van der Waals surface area contributed by atoms with Gasteiger partial charge in [-0.3, -0.25) is 0 Å². The Hall–Kier alpha value is -4.13. The molecule has 2 aromatic carbocycles. The van der Waals surface area contributed by atoms with Crippen molar-refractivity contribution in [3.05, 3.63) is 82.7 Å². The van der Waals surface area contributed by atoms with Crippen LogP contribution >= 0.6 is 0 Å². The average Bonchev–Trinajstić information content (AvgIpc) is 3.57. The number of H-pyrrole nitrogens is 1. The van der Waals surface area contributed by atoms with Crippen LogP contribution in [0.1, 0.15) is 52.7 Å². The van der Waals surface area contributed by atoms with E-state index in [2.05, 4.69) is 65.1 Å². The lowest BCUT2D eigenvalue weighted by molar-refractivity contribution is 0.171. The fourth-order valence-corrected chi connectivity index (χ4v) is 5.83. The zero-order valence-corrected chi connectivity index (χ0v) is 21.8. The Kier molecular flexibility index (Phi) is 5.64. The van der Waals surface area contributed by atoms with E-state index in [0.29, 0.717) is 19.1 Å². The molecule has 1 N–H and O–H groups in total. The summed E-state index contributed by atoms with van der Waals surface area (Å²) >= 11 is 0. The molecule has 192 valence electrons. The number of imidazole rings is 1. The Morgan fingerprint density at radius 2 is 1.66 bits per heavy atom. The molecule has 0 radical (unpaired) electrons. The lowest BCUT2D eigenvalue weighted by Gasteiger charge is -2.32. The quantitative estimate of drug-likeness (QED) is 0.381. The van der Waals surface area contributed by atoms with E-state index in [1.165, 1.54) is 22.3 Å². The number of rotatable bonds is 4. The molecule has 1 aliphatic carbocycles. The molecule has 7 heteroatoms. The van der Waals surface area contributed by atoms with Gasteiger partial charge in [-0.2, -0.15) is 0 Å². The summed E-state index contributed by atoms with van der Waals surface area (Å²) in [6, 6.07) is 14.8. The molecule has 1 fully saturated rings. The number of aryl methyl sites for hydroxylation is 2. The molecule has 1 saturated heterocycles. The summed E-state index contributed by atoms with van der Waals surface area (Å²) < 4.78 is 11.5. The van der Waals surface area contributed by atoms with E-state index in [1.54, 1.807) is 6.33 Å². The first kappa shape index (κ1) is 23.0. The van der Waals surface area contributed by atoms with Crippen molar-refractivity contribution in [3.8, 4) is 22.8 Å². The molecular weight excluding hydrogens is 474 g/mol. The Morgan fingerprint density at radius 1 is 0.895 bits per heavy atom. The molecule has 4 aromatic rings. The van der Waals surface area contributed by atoms with Crippen molar-refractivity contribution in [2.75, 3.05) is 31.2 Å². The van der Waals surface area contributed by atoms with Gasteiger partial charge in [-0.1, -0.05) is 29.8 Å². The van der Waals surface area contributed by atoms with Crippen molar-refractivity contribution in [2.24, 2.45) is 0 Å². The molecule has 38 heavy (non-hydrogen) atoms. The number of ether oxygens (including phenoxy) is 2. The van der Waals surface area contributed by atoms with E-state index in [-0.39, 0.29) is 0 Å². The zero-order chi connectivity index (χ0) is 25.6. The second kappa shape index (κ2) is 9.31. The fraction of sp³-hybridized carbons (Fsp3) is 0.323. The summed E-state index contributed by atoms with van der Waals surface area (Å²) in [5.74, 6) is 4.12. The third-order valence-corrected chi connectivity index (χ3v) is 7.94. The number of piperidine rings is 1. The molecule has 3 aliphatic rings. The van der Waals surface area contributed by atoms with Gasteiger partial charge in [-0.05, 0) is 62.1 Å². The van der Waals surface area contributed by atoms with E-state index in [4.69, 9.17) is 19.4 Å². The first-order valence-corrected chi connectivity index (χ1v) is 13.5. The summed E-state index contributed by atoms with van der Waals surface area (Å²) in [6.45, 7) is 7.29. The maximum absolute atomic E-state index is 5.79. The summed E-state index contributed by atoms with van der Waals surface area (Å²) in [4.78, 5) is 20.4. The van der Waals surface area contributed by atoms with Crippen molar-refractivity contribution >= 4 is 17.5 Å². The van der Waals surface area contributed by atoms with Crippen LogP contribution in [0.4, 0.5) is 5.82 Å². The smallest absolute Gasteiger partial charge is 0.162 e. The molecule has 0 amide bonds. The summed E-state index contributed by atoms with van der Waals surface area (Å²) in [5.41, 5.74) is 9.28. The van der Waals surface area contributed by atoms with Gasteiger partial charge in [0.15, 0.2) is 11.5 Å². The number of benzene rings is 2. The number of allylic oxidation sites excluding steroid dienone is 1. The molecule has 7 nitrogen and oxygen atoms in total. The lowest BCUT2D eigenvalue weighted by Crippen LogP contribution is -2.34. The fourth-order valence-electron chi connectivity index (χ4n) is 5.83. The Balaban J connectivity index is 1.08. The number of aromatic nitrogens is 4. The number of nitrogens with one attached hydrogen (secondary N) is 1. The van der Waals surface area contributed by atoms with E-state index < -0.39 is 0 Å². The van der Waals surface area contributed by atoms with Gasteiger partial charge in [0.2, 0.25) is 0 Å². The van der Waals surface area contributed by atoms with Crippen LogP contribution in [0.15, 0.2) is 48.8 Å². The number of fused-ring (bicyclic) bond motifs is 2. The van der Waals surface area contributed by atoms with Crippen LogP contribution in [-0.4, -0.2) is 46.2 Å². The average molecular weight is 506 g/mol. The molecule has 0 atom stereocenters. The van der Waals surface area contributed by atoms with Crippen molar-refractivity contribution in [2.45, 2.75) is 39.0 Å². The van der Waals surface area contributed by atoms with Crippen LogP contribution in [-0.2, 0) is 6.42 Å². The van der Waals surface area contributed by atoms with Crippen LogP contribution in [0.3, 0.4) is 0 Å². The predicted octanol–water partition coefficient (Wildman–Crippen LogP) is 5.74. The normalized spacial score (nSPS) is 16.9. The van der Waals surface area contributed by atoms with E-state index in [0.717, 1.165) is 78.1 Å². The Morgan fingerprint density at radius 3 is 2.47 bits per heavy atom. The molecule has 2 aliphatic heterocycles. The van der Waals surface area contributed by atoms with Gasteiger partial charge in [-0.25, -0.2) is 15.0 Å². The minimum Gasteiger partial charge on any atom is -0.486 e. The third kappa shape index (κ3) is 4.12. The number of hydrogen-bond donors (Lipinski definition) is 1. The molecular formula is C31H31N5O2. The molecule has 0 saturated carbocycles. The van der Waals surface area contributed by atoms with Crippen LogP contribution in [0, 0.1) is 13.8 Å². The van der Waals surface area contributed by atoms with Gasteiger partial charge in [-0.15, -0.1) is 0 Å². The largest absolute Gasteiger partial charge is 0.486 e. The number of hydrogen-bond acceptors (Lipinski definition) is 6. The lowest BCUT2D eigenvalue weighted by atomic mass is 9.96. The van der Waals surface area contributed by atoms with Gasteiger partial charge >= 0.3 is 0 Å². The molecule has 2 aromatic heterocycles. The maximum Gasteiger partial charge on any atom is 0.162 e. The Labute approximate surface area is 222 Å². The van der Waals surface area contributed by atoms with Gasteiger partial charge in [0.05, 0.1) is 11.4 Å². The Bertz CT molecular complexity index is 1530. The van der Waals surface area contributed by atoms with E-state index >= 15 is 0 Å². The topological polar surface area (TPSA) is 76.2 Å². The number of aromatic amines is 1. The second-order valence-electron chi connectivity index (χ2n) is 10.5. The van der Waals surface area contributed by atoms with Crippen LogP contribution in [0.5, 0.6) is 11.5 Å². The number of anilines is 1. The molecule has 4 heterocycles. The molecule has 0 unspecified atom stereocenters. The van der Waals surface area contributed by atoms with Crippen molar-refractivity contribution in [3.63, 3.8) is 0 Å². The zero-order valence-electron chi connectivity index (χ0n) is 21.8. The van der Waals surface area contributed by atoms with Crippen LogP contribution < -0.4 is 14.4 Å². The van der Waals surface area contributed by atoms with Gasteiger partial charge in [0.1, 0.15) is 31.2 Å². The van der Waals surface area contributed by atoms with Gasteiger partial charge in [0.25, 0.3) is 0 Å². The molecule has 7 rings (SSSR count). The highest BCUT2D eigenvalue weighted by Gasteiger charge is 2.28. The highest BCUT2D eigenvalue weighted by atomic mass is 16.6. The summed E-state index contributed by atoms with van der Waals surface area (Å²) in [7, 11) is 0.